The zero-order valence-electron chi connectivity index (χ0n) is 17.1. The number of aryl methyl sites for hydroxylation is 2. The lowest BCUT2D eigenvalue weighted by Gasteiger charge is -2.30. The highest BCUT2D eigenvalue weighted by molar-refractivity contribution is 5.98. The van der Waals surface area contributed by atoms with Gasteiger partial charge in [0.2, 0.25) is 0 Å². The SMILES string of the molecule is Cc1ncn(CC2CC2)c1-c1nc2cc(C(=O)N3CCC[C@@H](N)C3)ccc2n1C. The molecule has 2 aromatic heterocycles. The van der Waals surface area contributed by atoms with Gasteiger partial charge in [0.25, 0.3) is 5.91 Å². The molecule has 1 saturated heterocycles. The molecule has 2 aliphatic rings. The van der Waals surface area contributed by atoms with Gasteiger partial charge in [-0.3, -0.25) is 4.79 Å². The number of imidazole rings is 2. The molecule has 1 saturated carbocycles. The van der Waals surface area contributed by atoms with Crippen LogP contribution in [0.1, 0.15) is 41.7 Å². The van der Waals surface area contributed by atoms with Crippen LogP contribution in [0, 0.1) is 12.8 Å². The van der Waals surface area contributed by atoms with E-state index in [0.29, 0.717) is 12.1 Å². The Balaban J connectivity index is 1.51. The van der Waals surface area contributed by atoms with E-state index in [9.17, 15) is 4.79 Å². The van der Waals surface area contributed by atoms with Gasteiger partial charge in [-0.2, -0.15) is 0 Å². The third kappa shape index (κ3) is 3.33. The lowest BCUT2D eigenvalue weighted by molar-refractivity contribution is 0.0709. The van der Waals surface area contributed by atoms with Crippen molar-refractivity contribution in [1.82, 2.24) is 24.0 Å². The van der Waals surface area contributed by atoms with E-state index in [2.05, 4.69) is 14.1 Å². The first kappa shape index (κ1) is 18.4. The summed E-state index contributed by atoms with van der Waals surface area (Å²) in [4.78, 5) is 24.3. The zero-order chi connectivity index (χ0) is 20.1. The molecule has 2 N–H and O–H groups in total. The average molecular weight is 393 g/mol. The van der Waals surface area contributed by atoms with Crippen molar-refractivity contribution in [3.8, 4) is 11.5 Å². The number of hydrogen-bond donors (Lipinski definition) is 1. The predicted octanol–water partition coefficient (Wildman–Crippen LogP) is 2.72. The Kier molecular flexibility index (Phi) is 4.42. The summed E-state index contributed by atoms with van der Waals surface area (Å²) < 4.78 is 4.34. The molecule has 29 heavy (non-hydrogen) atoms. The van der Waals surface area contributed by atoms with Crippen LogP contribution in [0.15, 0.2) is 24.5 Å². The molecular formula is C22H28N6O. The Morgan fingerprint density at radius 3 is 2.86 bits per heavy atom. The molecule has 1 aliphatic heterocycles. The van der Waals surface area contributed by atoms with Crippen molar-refractivity contribution in [2.24, 2.45) is 18.7 Å². The van der Waals surface area contributed by atoms with Crippen LogP contribution in [-0.4, -0.2) is 49.0 Å². The number of fused-ring (bicyclic) bond motifs is 1. The number of amides is 1. The van der Waals surface area contributed by atoms with Gasteiger partial charge >= 0.3 is 0 Å². The van der Waals surface area contributed by atoms with Crippen molar-refractivity contribution in [3.05, 3.63) is 35.8 Å². The van der Waals surface area contributed by atoms with Crippen molar-refractivity contribution in [1.29, 1.82) is 0 Å². The van der Waals surface area contributed by atoms with E-state index in [1.54, 1.807) is 0 Å². The summed E-state index contributed by atoms with van der Waals surface area (Å²) >= 11 is 0. The van der Waals surface area contributed by atoms with Crippen LogP contribution >= 0.6 is 0 Å². The van der Waals surface area contributed by atoms with E-state index in [1.807, 2.05) is 43.4 Å². The van der Waals surface area contributed by atoms with Crippen molar-refractivity contribution < 1.29 is 4.79 Å². The zero-order valence-corrected chi connectivity index (χ0v) is 17.1. The Morgan fingerprint density at radius 2 is 2.10 bits per heavy atom. The molecule has 1 amide bonds. The van der Waals surface area contributed by atoms with E-state index < -0.39 is 0 Å². The molecule has 0 spiro atoms. The molecule has 1 aromatic carbocycles. The second-order valence-electron chi connectivity index (χ2n) is 8.63. The number of rotatable bonds is 4. The first-order chi connectivity index (χ1) is 14.0. The quantitative estimate of drug-likeness (QED) is 0.740. The van der Waals surface area contributed by atoms with E-state index in [1.165, 1.54) is 12.8 Å². The molecular weight excluding hydrogens is 364 g/mol. The van der Waals surface area contributed by atoms with E-state index in [4.69, 9.17) is 10.7 Å². The molecule has 5 rings (SSSR count). The number of benzene rings is 1. The average Bonchev–Trinajstić information content (AvgIpc) is 3.38. The van der Waals surface area contributed by atoms with Gasteiger partial charge in [0.1, 0.15) is 5.69 Å². The molecule has 1 atom stereocenters. The Labute approximate surface area is 170 Å². The number of aromatic nitrogens is 4. The topological polar surface area (TPSA) is 82.0 Å². The van der Waals surface area contributed by atoms with Crippen LogP contribution < -0.4 is 5.73 Å². The van der Waals surface area contributed by atoms with Crippen molar-refractivity contribution in [3.63, 3.8) is 0 Å². The number of piperidine rings is 1. The monoisotopic (exact) mass is 392 g/mol. The summed E-state index contributed by atoms with van der Waals surface area (Å²) in [5.41, 5.74) is 10.7. The van der Waals surface area contributed by atoms with Crippen LogP contribution in [-0.2, 0) is 13.6 Å². The standard InChI is InChI=1S/C22H28N6O/c1-14-20(28(13-24-14)11-15-5-6-15)21-25-18-10-16(7-8-19(18)26(21)2)22(29)27-9-3-4-17(23)12-27/h7-8,10,13,15,17H,3-6,9,11-12,23H2,1-2H3/t17-/m1/s1. The number of nitrogens with zero attached hydrogens (tertiary/aromatic N) is 5. The fraction of sp³-hybridized carbons (Fsp3) is 0.500. The normalized spacial score (nSPS) is 19.8. The van der Waals surface area contributed by atoms with Gasteiger partial charge in [0.15, 0.2) is 5.82 Å². The van der Waals surface area contributed by atoms with Crippen LogP contribution in [0.4, 0.5) is 0 Å². The van der Waals surface area contributed by atoms with Gasteiger partial charge in [0.05, 0.1) is 23.1 Å². The number of carbonyl (C=O) groups excluding carboxylic acids is 1. The highest BCUT2D eigenvalue weighted by atomic mass is 16.2. The minimum atomic E-state index is 0.0456. The van der Waals surface area contributed by atoms with E-state index in [-0.39, 0.29) is 11.9 Å². The highest BCUT2D eigenvalue weighted by Gasteiger charge is 2.26. The van der Waals surface area contributed by atoms with E-state index in [0.717, 1.165) is 60.1 Å². The van der Waals surface area contributed by atoms with Gasteiger partial charge in [0, 0.05) is 38.3 Å². The van der Waals surface area contributed by atoms with Crippen molar-refractivity contribution >= 4 is 16.9 Å². The number of carbonyl (C=O) groups is 1. The van der Waals surface area contributed by atoms with Gasteiger partial charge in [-0.25, -0.2) is 9.97 Å². The highest BCUT2D eigenvalue weighted by Crippen LogP contribution is 2.34. The van der Waals surface area contributed by atoms with Gasteiger partial charge < -0.3 is 19.8 Å². The van der Waals surface area contributed by atoms with Crippen LogP contribution in [0.2, 0.25) is 0 Å². The van der Waals surface area contributed by atoms with Crippen LogP contribution in [0.25, 0.3) is 22.6 Å². The first-order valence-corrected chi connectivity index (χ1v) is 10.5. The minimum absolute atomic E-state index is 0.0456. The number of hydrogen-bond acceptors (Lipinski definition) is 4. The van der Waals surface area contributed by atoms with Crippen molar-refractivity contribution in [2.75, 3.05) is 13.1 Å². The second-order valence-corrected chi connectivity index (χ2v) is 8.63. The van der Waals surface area contributed by atoms with Crippen molar-refractivity contribution in [2.45, 2.75) is 45.2 Å². The maximum atomic E-state index is 13.0. The summed E-state index contributed by atoms with van der Waals surface area (Å²) in [5, 5.41) is 0. The molecule has 7 heteroatoms. The molecule has 0 radical (unpaired) electrons. The summed E-state index contributed by atoms with van der Waals surface area (Å²) in [5.74, 6) is 1.71. The maximum Gasteiger partial charge on any atom is 0.253 e. The Hall–Kier alpha value is -2.67. The molecule has 152 valence electrons. The number of nitrogens with two attached hydrogens (primary N) is 1. The summed E-state index contributed by atoms with van der Waals surface area (Å²) in [6, 6.07) is 5.90. The molecule has 3 heterocycles. The molecule has 0 unspecified atom stereocenters. The molecule has 3 aromatic rings. The first-order valence-electron chi connectivity index (χ1n) is 10.5. The summed E-state index contributed by atoms with van der Waals surface area (Å²) in [6.07, 6.45) is 6.47. The van der Waals surface area contributed by atoms with Gasteiger partial charge in [-0.15, -0.1) is 0 Å². The lowest BCUT2D eigenvalue weighted by atomic mass is 10.1. The second kappa shape index (κ2) is 6.99. The maximum absolute atomic E-state index is 13.0. The molecule has 2 fully saturated rings. The van der Waals surface area contributed by atoms with Gasteiger partial charge in [-0.1, -0.05) is 0 Å². The van der Waals surface area contributed by atoms with Gasteiger partial charge in [-0.05, 0) is 56.7 Å². The van der Waals surface area contributed by atoms with Crippen LogP contribution in [0.3, 0.4) is 0 Å². The summed E-state index contributed by atoms with van der Waals surface area (Å²) in [7, 11) is 2.03. The third-order valence-corrected chi connectivity index (χ3v) is 6.26. The number of likely N-dealkylation sites (tertiary alicyclic amines) is 1. The fourth-order valence-corrected chi connectivity index (χ4v) is 4.41. The van der Waals surface area contributed by atoms with Crippen LogP contribution in [0.5, 0.6) is 0 Å². The van der Waals surface area contributed by atoms with E-state index >= 15 is 0 Å². The molecule has 0 bridgehead atoms. The predicted molar refractivity (Wildman–Crippen MR) is 113 cm³/mol. The Morgan fingerprint density at radius 1 is 1.28 bits per heavy atom. The smallest absolute Gasteiger partial charge is 0.253 e. The third-order valence-electron chi connectivity index (χ3n) is 6.26. The summed E-state index contributed by atoms with van der Waals surface area (Å²) in [6.45, 7) is 4.44. The Bertz CT molecular complexity index is 1080. The minimum Gasteiger partial charge on any atom is -0.337 e. The lowest BCUT2D eigenvalue weighted by Crippen LogP contribution is -2.45. The fourth-order valence-electron chi connectivity index (χ4n) is 4.41. The molecule has 1 aliphatic carbocycles. The largest absolute Gasteiger partial charge is 0.337 e. The molecule has 7 nitrogen and oxygen atoms in total.